The Hall–Kier alpha value is -3.74. The van der Waals surface area contributed by atoms with Crippen molar-refractivity contribution in [1.29, 1.82) is 0 Å². The van der Waals surface area contributed by atoms with E-state index in [9.17, 15) is 13.5 Å². The van der Waals surface area contributed by atoms with Gasteiger partial charge in [-0.3, -0.25) is 9.55 Å². The van der Waals surface area contributed by atoms with Crippen LogP contribution in [0.2, 0.25) is 0 Å². The molecule has 0 radical (unpaired) electrons. The predicted octanol–water partition coefficient (Wildman–Crippen LogP) is 3.89. The summed E-state index contributed by atoms with van der Waals surface area (Å²) >= 11 is 0. The number of benzene rings is 1. The molecule has 0 saturated heterocycles. The standard InChI is InChI=1S/C29H36N6O5S/c1-18-11-22(15-30-12-18)28-34-33-24(35(28)25-20(3)9-8-10-23(25)39-7)16-41(37,38)21(4)26(40-17-29(5,6)36)27-31-13-19(2)14-32-27/h8-15,21,26,36H,16-17H2,1-7H3/t21-,26-/m0/s1. The third-order valence-corrected chi connectivity index (χ3v) is 8.54. The predicted molar refractivity (Wildman–Crippen MR) is 154 cm³/mol. The highest BCUT2D eigenvalue weighted by Gasteiger charge is 2.36. The van der Waals surface area contributed by atoms with E-state index in [0.29, 0.717) is 22.8 Å². The molecule has 3 heterocycles. The monoisotopic (exact) mass is 580 g/mol. The minimum absolute atomic E-state index is 0.115. The molecule has 0 aliphatic carbocycles. The lowest BCUT2D eigenvalue weighted by Gasteiger charge is -2.26. The van der Waals surface area contributed by atoms with Crippen molar-refractivity contribution in [3.05, 3.63) is 77.4 Å². The Labute approximate surface area is 240 Å². The normalized spacial score (nSPS) is 13.7. The third-order valence-electron chi connectivity index (χ3n) is 6.50. The number of sulfone groups is 1. The molecule has 0 aliphatic rings. The van der Waals surface area contributed by atoms with Gasteiger partial charge in [0.1, 0.15) is 17.6 Å². The van der Waals surface area contributed by atoms with Gasteiger partial charge in [0.15, 0.2) is 27.3 Å². The second-order valence-electron chi connectivity index (χ2n) is 10.8. The molecule has 4 rings (SSSR count). The average Bonchev–Trinajstić information content (AvgIpc) is 3.31. The molecule has 0 spiro atoms. The molecular formula is C29H36N6O5S. The first-order chi connectivity index (χ1) is 19.3. The van der Waals surface area contributed by atoms with Crippen LogP contribution >= 0.6 is 0 Å². The lowest BCUT2D eigenvalue weighted by molar-refractivity contribution is -0.0565. The van der Waals surface area contributed by atoms with Crippen LogP contribution < -0.4 is 4.74 Å². The highest BCUT2D eigenvalue weighted by atomic mass is 32.2. The van der Waals surface area contributed by atoms with Crippen molar-refractivity contribution in [2.45, 2.75) is 64.3 Å². The molecule has 41 heavy (non-hydrogen) atoms. The zero-order valence-corrected chi connectivity index (χ0v) is 25.2. The Morgan fingerprint density at radius 2 is 1.73 bits per heavy atom. The van der Waals surface area contributed by atoms with Crippen LogP contribution in [0.1, 0.15) is 55.2 Å². The van der Waals surface area contributed by atoms with Gasteiger partial charge in [-0.25, -0.2) is 18.4 Å². The fraction of sp³-hybridized carbons (Fsp3) is 0.414. The van der Waals surface area contributed by atoms with E-state index in [2.05, 4.69) is 25.1 Å². The summed E-state index contributed by atoms with van der Waals surface area (Å²) in [6, 6.07) is 7.48. The molecule has 3 aromatic heterocycles. The summed E-state index contributed by atoms with van der Waals surface area (Å²) in [6.45, 7) is 10.3. The maximum Gasteiger partial charge on any atom is 0.170 e. The Morgan fingerprint density at radius 1 is 1.02 bits per heavy atom. The summed E-state index contributed by atoms with van der Waals surface area (Å²) < 4.78 is 41.3. The van der Waals surface area contributed by atoms with Gasteiger partial charge in [-0.1, -0.05) is 12.1 Å². The lowest BCUT2D eigenvalue weighted by Crippen LogP contribution is -2.34. The molecule has 0 bridgehead atoms. The van der Waals surface area contributed by atoms with Crippen LogP contribution in [0.25, 0.3) is 17.1 Å². The highest BCUT2D eigenvalue weighted by Crippen LogP contribution is 2.34. The van der Waals surface area contributed by atoms with Gasteiger partial charge < -0.3 is 14.6 Å². The smallest absolute Gasteiger partial charge is 0.170 e. The lowest BCUT2D eigenvalue weighted by atomic mass is 10.1. The highest BCUT2D eigenvalue weighted by molar-refractivity contribution is 7.91. The molecule has 2 atom stereocenters. The summed E-state index contributed by atoms with van der Waals surface area (Å²) in [6.07, 6.45) is 5.56. The van der Waals surface area contributed by atoms with E-state index in [0.717, 1.165) is 16.7 Å². The molecule has 0 amide bonds. The molecule has 218 valence electrons. The molecule has 0 saturated carbocycles. The van der Waals surface area contributed by atoms with E-state index in [-0.39, 0.29) is 18.3 Å². The van der Waals surface area contributed by atoms with Crippen LogP contribution in [0.4, 0.5) is 0 Å². The number of aromatic nitrogens is 6. The van der Waals surface area contributed by atoms with Crippen molar-refractivity contribution in [2.24, 2.45) is 0 Å². The first-order valence-corrected chi connectivity index (χ1v) is 14.9. The van der Waals surface area contributed by atoms with Crippen LogP contribution in [0.15, 0.2) is 49.1 Å². The van der Waals surface area contributed by atoms with Crippen molar-refractivity contribution < 1.29 is 23.0 Å². The molecule has 12 heteroatoms. The Morgan fingerprint density at radius 3 is 2.37 bits per heavy atom. The maximum atomic E-state index is 14.0. The third kappa shape index (κ3) is 6.95. The molecule has 1 aromatic carbocycles. The van der Waals surface area contributed by atoms with E-state index in [4.69, 9.17) is 9.47 Å². The minimum atomic E-state index is -3.94. The van der Waals surface area contributed by atoms with Gasteiger partial charge >= 0.3 is 0 Å². The topological polar surface area (TPSA) is 142 Å². The van der Waals surface area contributed by atoms with Gasteiger partial charge in [-0.2, -0.15) is 0 Å². The quantitative estimate of drug-likeness (QED) is 0.278. The molecule has 0 fully saturated rings. The van der Waals surface area contributed by atoms with Gasteiger partial charge in [-0.15, -0.1) is 10.2 Å². The van der Waals surface area contributed by atoms with Gasteiger partial charge in [0.2, 0.25) is 0 Å². The minimum Gasteiger partial charge on any atom is -0.495 e. The van der Waals surface area contributed by atoms with Gasteiger partial charge in [0.05, 0.1) is 30.3 Å². The van der Waals surface area contributed by atoms with E-state index in [1.807, 2.05) is 39.0 Å². The number of aryl methyl sites for hydroxylation is 3. The first-order valence-electron chi connectivity index (χ1n) is 13.1. The van der Waals surface area contributed by atoms with Gasteiger partial charge in [0.25, 0.3) is 0 Å². The number of rotatable bonds is 11. The maximum absolute atomic E-state index is 14.0. The van der Waals surface area contributed by atoms with Crippen LogP contribution in [0.5, 0.6) is 5.75 Å². The van der Waals surface area contributed by atoms with E-state index < -0.39 is 32.5 Å². The molecule has 4 aromatic rings. The largest absolute Gasteiger partial charge is 0.495 e. The van der Waals surface area contributed by atoms with Crippen molar-refractivity contribution in [2.75, 3.05) is 13.7 Å². The summed E-state index contributed by atoms with van der Waals surface area (Å²) in [5.41, 5.74) is 2.71. The SMILES string of the molecule is COc1cccc(C)c1-n1c(CS(=O)(=O)[C@@H](C)[C@H](OCC(C)(C)O)c2ncc(C)cn2)nnc1-c1cncc(C)c1. The number of hydrogen-bond acceptors (Lipinski definition) is 10. The number of ether oxygens (including phenoxy) is 2. The first kappa shape index (κ1) is 30.2. The summed E-state index contributed by atoms with van der Waals surface area (Å²) in [7, 11) is -2.39. The van der Waals surface area contributed by atoms with E-state index in [1.165, 1.54) is 0 Å². The molecule has 11 nitrogen and oxygen atoms in total. The van der Waals surface area contributed by atoms with Crippen molar-refractivity contribution in [1.82, 2.24) is 29.7 Å². The van der Waals surface area contributed by atoms with Gasteiger partial charge in [0, 0.05) is 30.4 Å². The number of hydrogen-bond donors (Lipinski definition) is 1. The molecule has 0 aliphatic heterocycles. The Bertz CT molecular complexity index is 1610. The van der Waals surface area contributed by atoms with E-state index >= 15 is 0 Å². The second-order valence-corrected chi connectivity index (χ2v) is 13.2. The summed E-state index contributed by atoms with van der Waals surface area (Å²) in [5, 5.41) is 18.0. The van der Waals surface area contributed by atoms with Crippen molar-refractivity contribution in [3.8, 4) is 22.8 Å². The van der Waals surface area contributed by atoms with E-state index in [1.54, 1.807) is 63.3 Å². The fourth-order valence-corrected chi connectivity index (χ4v) is 5.74. The van der Waals surface area contributed by atoms with Gasteiger partial charge in [-0.05, 0) is 70.4 Å². The second kappa shape index (κ2) is 12.0. The molecule has 1 N–H and O–H groups in total. The number of pyridine rings is 1. The average molecular weight is 581 g/mol. The van der Waals surface area contributed by atoms with Crippen LogP contribution in [0.3, 0.4) is 0 Å². The van der Waals surface area contributed by atoms with Crippen molar-refractivity contribution >= 4 is 9.84 Å². The summed E-state index contributed by atoms with van der Waals surface area (Å²) in [4.78, 5) is 13.0. The molecule has 0 unspecified atom stereocenters. The number of para-hydroxylation sites is 1. The fourth-order valence-electron chi connectivity index (χ4n) is 4.36. The zero-order valence-electron chi connectivity index (χ0n) is 24.4. The zero-order chi connectivity index (χ0) is 29.9. The number of aliphatic hydroxyl groups is 1. The van der Waals surface area contributed by atoms with Crippen molar-refractivity contribution in [3.63, 3.8) is 0 Å². The van der Waals surface area contributed by atoms with Crippen LogP contribution in [-0.4, -0.2) is 67.8 Å². The molecular weight excluding hydrogens is 544 g/mol. The Balaban J connectivity index is 1.81. The summed E-state index contributed by atoms with van der Waals surface area (Å²) in [5.74, 6) is 0.934. The van der Waals surface area contributed by atoms with Crippen LogP contribution in [-0.2, 0) is 20.3 Å². The number of nitrogens with zero attached hydrogens (tertiary/aromatic N) is 6. The Kier molecular flexibility index (Phi) is 8.86. The number of methoxy groups -OCH3 is 1. The van der Waals surface area contributed by atoms with Crippen LogP contribution in [0, 0.1) is 20.8 Å².